The van der Waals surface area contributed by atoms with Gasteiger partial charge in [0.05, 0.1) is 31.2 Å². The number of hydrogen-bond acceptors (Lipinski definition) is 13. The van der Waals surface area contributed by atoms with E-state index in [9.17, 15) is 19.0 Å². The Morgan fingerprint density at radius 2 is 1.82 bits per heavy atom. The largest absolute Gasteiger partial charge is 0.472 e. The molecule has 17 nitrogen and oxygen atoms in total. The second-order valence-electron chi connectivity index (χ2n) is 9.20. The number of imidazole rings is 1. The van der Waals surface area contributed by atoms with Crippen molar-refractivity contribution in [2.45, 2.75) is 70.0 Å². The number of aryl methyl sites for hydroxylation is 1. The van der Waals surface area contributed by atoms with Crippen molar-refractivity contribution < 1.29 is 32.7 Å². The Labute approximate surface area is 220 Å². The van der Waals surface area contributed by atoms with Crippen LogP contribution in [-0.4, -0.2) is 77.1 Å². The highest BCUT2D eigenvalue weighted by Crippen LogP contribution is 2.49. The number of anilines is 1. The summed E-state index contributed by atoms with van der Waals surface area (Å²) in [5.41, 5.74) is 4.91. The van der Waals surface area contributed by atoms with Crippen LogP contribution in [0.4, 0.5) is 5.95 Å². The van der Waals surface area contributed by atoms with Gasteiger partial charge in [0.15, 0.2) is 11.2 Å². The Balaban J connectivity index is 1.24. The monoisotopic (exact) mass is 568 g/mol. The van der Waals surface area contributed by atoms with E-state index in [1.54, 1.807) is 11.5 Å². The maximum Gasteiger partial charge on any atom is 0.472 e. The van der Waals surface area contributed by atoms with E-state index in [1.807, 2.05) is 6.92 Å². The minimum absolute atomic E-state index is 0.160. The van der Waals surface area contributed by atoms with Gasteiger partial charge in [0, 0.05) is 20.0 Å². The van der Waals surface area contributed by atoms with E-state index in [4.69, 9.17) is 29.0 Å². The number of fused-ring (bicyclic) bond motifs is 1. The number of aromatic amines is 1. The Hall–Kier alpha value is -3.05. The number of hydrogen-bond donors (Lipinski definition) is 3. The number of methoxy groups -OCH3 is 1. The Morgan fingerprint density at radius 3 is 2.54 bits per heavy atom. The first-order chi connectivity index (χ1) is 18.6. The van der Waals surface area contributed by atoms with E-state index in [0.717, 1.165) is 4.57 Å². The van der Waals surface area contributed by atoms with Gasteiger partial charge in [-0.2, -0.15) is 4.98 Å². The molecule has 7 atom stereocenters. The van der Waals surface area contributed by atoms with Crippen molar-refractivity contribution in [3.63, 3.8) is 0 Å². The van der Waals surface area contributed by atoms with Crippen molar-refractivity contribution in [1.29, 1.82) is 0 Å². The zero-order chi connectivity index (χ0) is 27.9. The molecule has 1 unspecified atom stereocenters. The van der Waals surface area contributed by atoms with E-state index >= 15 is 0 Å². The van der Waals surface area contributed by atoms with Crippen molar-refractivity contribution in [3.8, 4) is 0 Å². The van der Waals surface area contributed by atoms with Crippen LogP contribution in [0.15, 0.2) is 22.2 Å². The number of aromatic nitrogens is 7. The molecule has 2 fully saturated rings. The molecule has 0 spiro atoms. The maximum atomic E-state index is 12.9. The highest BCUT2D eigenvalue weighted by Gasteiger charge is 2.43. The molecule has 39 heavy (non-hydrogen) atoms. The van der Waals surface area contributed by atoms with Crippen LogP contribution in [0.25, 0.3) is 11.2 Å². The summed E-state index contributed by atoms with van der Waals surface area (Å²) in [6.07, 6.45) is -0.488. The lowest BCUT2D eigenvalue weighted by molar-refractivity contribution is -0.0578. The number of phosphoric ester groups is 1. The van der Waals surface area contributed by atoms with Crippen molar-refractivity contribution in [1.82, 2.24) is 34.1 Å². The van der Waals surface area contributed by atoms with Crippen LogP contribution in [0.3, 0.4) is 0 Å². The van der Waals surface area contributed by atoms with E-state index in [-0.39, 0.29) is 36.5 Å². The normalized spacial score (nSPS) is 28.7. The number of nitrogen functional groups attached to an aromatic ring is 1. The number of H-pyrrole nitrogens is 1. The van der Waals surface area contributed by atoms with Gasteiger partial charge >= 0.3 is 13.5 Å². The topological polar surface area (TPSA) is 221 Å². The zero-order valence-electron chi connectivity index (χ0n) is 21.4. The molecule has 18 heteroatoms. The van der Waals surface area contributed by atoms with Gasteiger partial charge in [-0.1, -0.05) is 6.92 Å². The van der Waals surface area contributed by atoms with Crippen molar-refractivity contribution >= 4 is 24.9 Å². The maximum absolute atomic E-state index is 12.9. The molecule has 5 rings (SSSR count). The lowest BCUT2D eigenvalue weighted by Crippen LogP contribution is -2.30. The van der Waals surface area contributed by atoms with Gasteiger partial charge in [-0.25, -0.2) is 24.3 Å². The van der Waals surface area contributed by atoms with E-state index in [2.05, 4.69) is 24.9 Å². The summed E-state index contributed by atoms with van der Waals surface area (Å²) in [4.78, 5) is 53.3. The lowest BCUT2D eigenvalue weighted by Gasteiger charge is -2.22. The molecule has 0 aromatic carbocycles. The molecule has 3 aromatic rings. The second kappa shape index (κ2) is 10.8. The SMILES string of the molecule is CC[C@H]1O[C@@H](n2cnc3c(=O)[nH]c(C)nc32)C[C@H]1OP(=O)(O)OC[C@H]1O[C@@H](n2cnc(N)nc2=O)C[C@H]1OC. The van der Waals surface area contributed by atoms with Crippen LogP contribution in [-0.2, 0) is 27.8 Å². The van der Waals surface area contributed by atoms with E-state index in [0.29, 0.717) is 17.9 Å². The molecule has 4 N–H and O–H groups in total. The first-order valence-electron chi connectivity index (χ1n) is 12.2. The molecule has 2 aliphatic rings. The number of phosphoric acid groups is 1. The molecule has 0 amide bonds. The third-order valence-corrected chi connectivity index (χ3v) is 7.67. The number of nitrogens with zero attached hydrogens (tertiary/aromatic N) is 6. The number of nitrogens with one attached hydrogen (secondary N) is 1. The summed E-state index contributed by atoms with van der Waals surface area (Å²) in [5, 5.41) is 0. The summed E-state index contributed by atoms with van der Waals surface area (Å²) < 4.78 is 43.8. The average molecular weight is 568 g/mol. The molecule has 5 heterocycles. The van der Waals surface area contributed by atoms with Crippen LogP contribution >= 0.6 is 7.82 Å². The quantitative estimate of drug-likeness (QED) is 0.293. The van der Waals surface area contributed by atoms with Gasteiger partial charge < -0.3 is 29.8 Å². The average Bonchev–Trinajstić information content (AvgIpc) is 3.59. The smallest absolute Gasteiger partial charge is 0.378 e. The number of rotatable bonds is 9. The molecule has 0 radical (unpaired) electrons. The fourth-order valence-electron chi connectivity index (χ4n) is 4.78. The second-order valence-corrected chi connectivity index (χ2v) is 10.6. The van der Waals surface area contributed by atoms with Gasteiger partial charge in [-0.05, 0) is 13.3 Å². The van der Waals surface area contributed by atoms with Gasteiger partial charge in [0.25, 0.3) is 5.56 Å². The fourth-order valence-corrected chi connectivity index (χ4v) is 5.74. The molecule has 212 valence electrons. The van der Waals surface area contributed by atoms with E-state index < -0.39 is 50.4 Å². The van der Waals surface area contributed by atoms with Gasteiger partial charge in [-0.3, -0.25) is 23.0 Å². The summed E-state index contributed by atoms with van der Waals surface area (Å²) >= 11 is 0. The minimum Gasteiger partial charge on any atom is -0.378 e. The molecule has 0 bridgehead atoms. The first kappa shape index (κ1) is 27.5. The molecule has 0 saturated carbocycles. The molecular formula is C21H29N8O9P. The van der Waals surface area contributed by atoms with Crippen LogP contribution in [0.2, 0.25) is 0 Å². The molecule has 0 aliphatic carbocycles. The molecular weight excluding hydrogens is 539 g/mol. The van der Waals surface area contributed by atoms with Gasteiger partial charge in [-0.15, -0.1) is 0 Å². The highest BCUT2D eigenvalue weighted by molar-refractivity contribution is 7.47. The number of ether oxygens (including phenoxy) is 3. The first-order valence-corrected chi connectivity index (χ1v) is 13.7. The lowest BCUT2D eigenvalue weighted by atomic mass is 10.1. The summed E-state index contributed by atoms with van der Waals surface area (Å²) in [6.45, 7) is 3.16. The predicted molar refractivity (Wildman–Crippen MR) is 132 cm³/mol. The van der Waals surface area contributed by atoms with Crippen molar-refractivity contribution in [2.75, 3.05) is 19.5 Å². The van der Waals surface area contributed by atoms with Gasteiger partial charge in [0.1, 0.15) is 30.7 Å². The third kappa shape index (κ3) is 5.65. The Morgan fingerprint density at radius 1 is 1.13 bits per heavy atom. The van der Waals surface area contributed by atoms with E-state index in [1.165, 1.54) is 19.8 Å². The third-order valence-electron chi connectivity index (χ3n) is 6.65. The minimum atomic E-state index is -4.58. The van der Waals surface area contributed by atoms with Crippen molar-refractivity contribution in [2.24, 2.45) is 0 Å². The molecule has 2 saturated heterocycles. The summed E-state index contributed by atoms with van der Waals surface area (Å²) in [7, 11) is -3.13. The van der Waals surface area contributed by atoms with Crippen LogP contribution in [0, 0.1) is 6.92 Å². The molecule has 3 aromatic heterocycles. The zero-order valence-corrected chi connectivity index (χ0v) is 22.3. The predicted octanol–water partition coefficient (Wildman–Crippen LogP) is 0.164. The summed E-state index contributed by atoms with van der Waals surface area (Å²) in [5.74, 6) is 0.250. The number of nitrogens with two attached hydrogens (primary N) is 1. The Kier molecular flexibility index (Phi) is 7.65. The van der Waals surface area contributed by atoms with Crippen LogP contribution < -0.4 is 17.0 Å². The van der Waals surface area contributed by atoms with Crippen molar-refractivity contribution in [3.05, 3.63) is 39.3 Å². The molecule has 2 aliphatic heterocycles. The Bertz CT molecular complexity index is 1510. The van der Waals surface area contributed by atoms with Gasteiger partial charge in [0.2, 0.25) is 5.95 Å². The fraction of sp³-hybridized carbons (Fsp3) is 0.619. The van der Waals surface area contributed by atoms with Crippen LogP contribution in [0.5, 0.6) is 0 Å². The summed E-state index contributed by atoms with van der Waals surface area (Å²) in [6, 6.07) is 0. The van der Waals surface area contributed by atoms with Crippen LogP contribution in [0.1, 0.15) is 44.5 Å². The standard InChI is InChI=1S/C21H29N8O9P/c1-4-11-13(6-15(36-11)28-8-23-17-18(28)25-10(2)26-19(17)30)38-39(32,33)35-7-14-12(34-3)5-16(37-14)29-9-24-20(22)27-21(29)31/h8-9,11-16H,4-7H2,1-3H3,(H,32,33)(H2,22,27,31)(H,25,26,30)/t11-,12-,13-,14-,15-,16-/m1/s1. The highest BCUT2D eigenvalue weighted by atomic mass is 31.2.